The molecule has 0 spiro atoms. The van der Waals surface area contributed by atoms with Crippen molar-refractivity contribution in [2.75, 3.05) is 40.3 Å². The minimum absolute atomic E-state index is 0.0893. The van der Waals surface area contributed by atoms with E-state index < -0.39 is 0 Å². The third kappa shape index (κ3) is 5.98. The van der Waals surface area contributed by atoms with Crippen molar-refractivity contribution >= 4 is 11.9 Å². The lowest BCUT2D eigenvalue weighted by atomic mass is 9.99. The lowest BCUT2D eigenvalue weighted by Crippen LogP contribution is -2.43. The zero-order chi connectivity index (χ0) is 20.5. The molecule has 29 heavy (non-hydrogen) atoms. The standard InChI is InChI=1S/C23H30N4O2/c1-24-23(27-15-12-19(17-27)16-18-6-4-3-5-7-18)26-14-13-25-22(28)20-8-10-21(29-2)11-9-20/h3-11,19H,12-17H2,1-2H3,(H,24,26)(H,25,28). The van der Waals surface area contributed by atoms with E-state index in [0.29, 0.717) is 24.6 Å². The molecule has 6 heteroatoms. The van der Waals surface area contributed by atoms with Crippen molar-refractivity contribution in [3.8, 4) is 5.75 Å². The molecule has 6 nitrogen and oxygen atoms in total. The van der Waals surface area contributed by atoms with Crippen LogP contribution in [0, 0.1) is 5.92 Å². The molecule has 0 aliphatic carbocycles. The predicted octanol–water partition coefficient (Wildman–Crippen LogP) is 2.56. The fourth-order valence-corrected chi connectivity index (χ4v) is 3.67. The third-order valence-electron chi connectivity index (χ3n) is 5.21. The van der Waals surface area contributed by atoms with Crippen LogP contribution in [0.3, 0.4) is 0 Å². The van der Waals surface area contributed by atoms with E-state index in [2.05, 4.69) is 50.9 Å². The van der Waals surface area contributed by atoms with Crippen molar-refractivity contribution in [3.63, 3.8) is 0 Å². The van der Waals surface area contributed by atoms with Gasteiger partial charge in [-0.25, -0.2) is 0 Å². The molecule has 154 valence electrons. The summed E-state index contributed by atoms with van der Waals surface area (Å²) >= 11 is 0. The topological polar surface area (TPSA) is 66.0 Å². The molecule has 0 aromatic heterocycles. The number of hydrogen-bond acceptors (Lipinski definition) is 3. The van der Waals surface area contributed by atoms with Crippen molar-refractivity contribution < 1.29 is 9.53 Å². The number of guanidine groups is 1. The van der Waals surface area contributed by atoms with Gasteiger partial charge in [0.2, 0.25) is 0 Å². The summed E-state index contributed by atoms with van der Waals surface area (Å²) in [7, 11) is 3.42. The first-order valence-electron chi connectivity index (χ1n) is 10.1. The number of rotatable bonds is 7. The van der Waals surface area contributed by atoms with Gasteiger partial charge in [-0.05, 0) is 48.6 Å². The summed E-state index contributed by atoms with van der Waals surface area (Å²) in [5, 5.41) is 6.29. The smallest absolute Gasteiger partial charge is 0.251 e. The molecule has 2 aromatic carbocycles. The highest BCUT2D eigenvalue weighted by molar-refractivity contribution is 5.94. The van der Waals surface area contributed by atoms with E-state index >= 15 is 0 Å². The number of amides is 1. The Balaban J connectivity index is 1.39. The Labute approximate surface area is 173 Å². The summed E-state index contributed by atoms with van der Waals surface area (Å²) in [5.74, 6) is 2.20. The largest absolute Gasteiger partial charge is 0.497 e. The van der Waals surface area contributed by atoms with E-state index in [1.165, 1.54) is 12.0 Å². The zero-order valence-electron chi connectivity index (χ0n) is 17.2. The van der Waals surface area contributed by atoms with Gasteiger partial charge in [-0.15, -0.1) is 0 Å². The molecule has 2 N–H and O–H groups in total. The lowest BCUT2D eigenvalue weighted by Gasteiger charge is -2.22. The molecule has 3 rings (SSSR count). The number of nitrogens with one attached hydrogen (secondary N) is 2. The fraction of sp³-hybridized carbons (Fsp3) is 0.391. The SMILES string of the molecule is CN=C(NCCNC(=O)c1ccc(OC)cc1)N1CCC(Cc2ccccc2)C1. The molecule has 1 saturated heterocycles. The number of ether oxygens (including phenoxy) is 1. The highest BCUT2D eigenvalue weighted by Gasteiger charge is 2.24. The predicted molar refractivity (Wildman–Crippen MR) is 117 cm³/mol. The van der Waals surface area contributed by atoms with Gasteiger partial charge in [0.05, 0.1) is 7.11 Å². The van der Waals surface area contributed by atoms with E-state index in [0.717, 1.165) is 31.2 Å². The molecule has 1 heterocycles. The summed E-state index contributed by atoms with van der Waals surface area (Å²) in [4.78, 5) is 18.9. The average Bonchev–Trinajstić information content (AvgIpc) is 3.22. The molecule has 0 saturated carbocycles. The molecular formula is C23H30N4O2. The molecule has 0 bridgehead atoms. The molecule has 2 aromatic rings. The quantitative estimate of drug-likeness (QED) is 0.430. The Morgan fingerprint density at radius 2 is 1.83 bits per heavy atom. The number of carbonyl (C=O) groups is 1. The monoisotopic (exact) mass is 394 g/mol. The van der Waals surface area contributed by atoms with Gasteiger partial charge in [0, 0.05) is 38.8 Å². The van der Waals surface area contributed by atoms with Crippen molar-refractivity contribution in [1.29, 1.82) is 0 Å². The van der Waals surface area contributed by atoms with Crippen LogP contribution in [0.15, 0.2) is 59.6 Å². The number of nitrogens with zero attached hydrogens (tertiary/aromatic N) is 2. The number of carbonyl (C=O) groups excluding carboxylic acids is 1. The van der Waals surface area contributed by atoms with Crippen molar-refractivity contribution in [3.05, 3.63) is 65.7 Å². The van der Waals surface area contributed by atoms with Crippen LogP contribution >= 0.6 is 0 Å². The molecule has 1 aliphatic heterocycles. The van der Waals surface area contributed by atoms with Crippen molar-refractivity contribution in [2.45, 2.75) is 12.8 Å². The van der Waals surface area contributed by atoms with Crippen LogP contribution in [0.25, 0.3) is 0 Å². The van der Waals surface area contributed by atoms with Crippen LogP contribution in [0.5, 0.6) is 5.75 Å². The summed E-state index contributed by atoms with van der Waals surface area (Å²) in [5.41, 5.74) is 2.02. The van der Waals surface area contributed by atoms with E-state index in [4.69, 9.17) is 4.74 Å². The van der Waals surface area contributed by atoms with Gasteiger partial charge < -0.3 is 20.3 Å². The molecule has 1 fully saturated rings. The summed E-state index contributed by atoms with van der Waals surface area (Å²) in [6, 6.07) is 17.7. The second-order valence-corrected chi connectivity index (χ2v) is 7.25. The Morgan fingerprint density at radius 1 is 1.10 bits per heavy atom. The van der Waals surface area contributed by atoms with Crippen LogP contribution in [0.4, 0.5) is 0 Å². The number of benzene rings is 2. The highest BCUT2D eigenvalue weighted by Crippen LogP contribution is 2.20. The highest BCUT2D eigenvalue weighted by atomic mass is 16.5. The Hall–Kier alpha value is -3.02. The maximum Gasteiger partial charge on any atom is 0.251 e. The van der Waals surface area contributed by atoms with Gasteiger partial charge in [0.15, 0.2) is 5.96 Å². The Morgan fingerprint density at radius 3 is 2.52 bits per heavy atom. The van der Waals surface area contributed by atoms with Crippen LogP contribution in [-0.2, 0) is 6.42 Å². The number of hydrogen-bond donors (Lipinski definition) is 2. The van der Waals surface area contributed by atoms with Gasteiger partial charge in [-0.1, -0.05) is 30.3 Å². The normalized spacial score (nSPS) is 16.6. The van der Waals surface area contributed by atoms with Gasteiger partial charge in [-0.3, -0.25) is 9.79 Å². The van der Waals surface area contributed by atoms with Crippen LogP contribution in [-0.4, -0.2) is 57.1 Å². The van der Waals surface area contributed by atoms with Crippen LogP contribution in [0.2, 0.25) is 0 Å². The number of likely N-dealkylation sites (tertiary alicyclic amines) is 1. The zero-order valence-corrected chi connectivity index (χ0v) is 17.2. The first-order valence-corrected chi connectivity index (χ1v) is 10.1. The van der Waals surface area contributed by atoms with Gasteiger partial charge in [0.25, 0.3) is 5.91 Å². The first-order chi connectivity index (χ1) is 14.2. The lowest BCUT2D eigenvalue weighted by molar-refractivity contribution is 0.0954. The molecule has 1 unspecified atom stereocenters. The minimum atomic E-state index is -0.0893. The van der Waals surface area contributed by atoms with E-state index in [1.54, 1.807) is 31.4 Å². The van der Waals surface area contributed by atoms with Gasteiger partial charge >= 0.3 is 0 Å². The van der Waals surface area contributed by atoms with Crippen LogP contribution < -0.4 is 15.4 Å². The molecule has 1 aliphatic rings. The third-order valence-corrected chi connectivity index (χ3v) is 5.21. The molecule has 1 atom stereocenters. The van der Waals surface area contributed by atoms with Gasteiger partial charge in [-0.2, -0.15) is 0 Å². The average molecular weight is 395 g/mol. The van der Waals surface area contributed by atoms with Crippen molar-refractivity contribution in [2.24, 2.45) is 10.9 Å². The maximum atomic E-state index is 12.2. The summed E-state index contributed by atoms with van der Waals surface area (Å²) in [6.07, 6.45) is 2.27. The molecule has 0 radical (unpaired) electrons. The first kappa shape index (κ1) is 20.7. The molecular weight excluding hydrogens is 364 g/mol. The summed E-state index contributed by atoms with van der Waals surface area (Å²) in [6.45, 7) is 3.18. The summed E-state index contributed by atoms with van der Waals surface area (Å²) < 4.78 is 5.12. The fourth-order valence-electron chi connectivity index (χ4n) is 3.67. The second-order valence-electron chi connectivity index (χ2n) is 7.25. The van der Waals surface area contributed by atoms with E-state index in [1.807, 2.05) is 7.05 Å². The number of aliphatic imine (C=N–C) groups is 1. The van der Waals surface area contributed by atoms with Crippen molar-refractivity contribution in [1.82, 2.24) is 15.5 Å². The Kier molecular flexibility index (Phi) is 7.50. The van der Waals surface area contributed by atoms with E-state index in [-0.39, 0.29) is 5.91 Å². The molecule has 1 amide bonds. The Bertz CT molecular complexity index is 805. The number of methoxy groups -OCH3 is 1. The second kappa shape index (κ2) is 10.5. The maximum absolute atomic E-state index is 12.2. The van der Waals surface area contributed by atoms with Gasteiger partial charge in [0.1, 0.15) is 5.75 Å². The van der Waals surface area contributed by atoms with E-state index in [9.17, 15) is 4.79 Å². The minimum Gasteiger partial charge on any atom is -0.497 e. The van der Waals surface area contributed by atoms with Crippen LogP contribution in [0.1, 0.15) is 22.3 Å².